The Balaban J connectivity index is 1.51. The number of amides is 2. The Labute approximate surface area is 154 Å². The van der Waals surface area contributed by atoms with Gasteiger partial charge in [0.15, 0.2) is 0 Å². The molecular formula is C20H23N5O. The number of anilines is 1. The van der Waals surface area contributed by atoms with Gasteiger partial charge in [-0.25, -0.2) is 4.79 Å². The summed E-state index contributed by atoms with van der Waals surface area (Å²) >= 11 is 0. The topological polar surface area (TPSA) is 72.3 Å². The summed E-state index contributed by atoms with van der Waals surface area (Å²) in [6, 6.07) is 13.8. The molecule has 0 spiro atoms. The molecule has 3 rings (SSSR count). The van der Waals surface area contributed by atoms with Crippen molar-refractivity contribution >= 4 is 11.7 Å². The zero-order valence-electron chi connectivity index (χ0n) is 14.8. The summed E-state index contributed by atoms with van der Waals surface area (Å²) in [4.78, 5) is 20.6. The van der Waals surface area contributed by atoms with E-state index >= 15 is 0 Å². The lowest BCUT2D eigenvalue weighted by atomic mass is 10.1. The predicted octanol–water partition coefficient (Wildman–Crippen LogP) is 2.42. The molecule has 0 unspecified atom stereocenters. The molecule has 6 heteroatoms. The van der Waals surface area contributed by atoms with E-state index in [9.17, 15) is 10.1 Å². The molecule has 0 radical (unpaired) electrons. The van der Waals surface area contributed by atoms with E-state index in [2.05, 4.69) is 21.3 Å². The molecular weight excluding hydrogens is 326 g/mol. The quantitative estimate of drug-likeness (QED) is 0.920. The van der Waals surface area contributed by atoms with Gasteiger partial charge >= 0.3 is 6.03 Å². The average Bonchev–Trinajstić information content (AvgIpc) is 2.95. The van der Waals surface area contributed by atoms with Crippen LogP contribution in [0.4, 0.5) is 10.5 Å². The third-order valence-corrected chi connectivity index (χ3v) is 4.56. The Morgan fingerprint density at radius 2 is 2.04 bits per heavy atom. The number of hydrogen-bond acceptors (Lipinski definition) is 4. The van der Waals surface area contributed by atoms with Crippen molar-refractivity contribution in [2.45, 2.75) is 12.8 Å². The van der Waals surface area contributed by atoms with Gasteiger partial charge in [-0.1, -0.05) is 18.2 Å². The van der Waals surface area contributed by atoms with E-state index in [-0.39, 0.29) is 6.03 Å². The molecule has 1 aliphatic heterocycles. The predicted molar refractivity (Wildman–Crippen MR) is 101 cm³/mol. The van der Waals surface area contributed by atoms with Crippen LogP contribution in [-0.4, -0.2) is 48.6 Å². The Hall–Kier alpha value is -3.07. The Kier molecular flexibility index (Phi) is 6.05. The van der Waals surface area contributed by atoms with Crippen LogP contribution < -0.4 is 10.2 Å². The number of carbonyl (C=O) groups is 1. The van der Waals surface area contributed by atoms with Gasteiger partial charge in [0.2, 0.25) is 0 Å². The van der Waals surface area contributed by atoms with Crippen molar-refractivity contribution in [3.05, 3.63) is 59.9 Å². The first-order chi connectivity index (χ1) is 12.8. The second kappa shape index (κ2) is 8.86. The van der Waals surface area contributed by atoms with Gasteiger partial charge in [0.05, 0.1) is 11.3 Å². The first-order valence-corrected chi connectivity index (χ1v) is 8.93. The van der Waals surface area contributed by atoms with E-state index in [1.54, 1.807) is 6.20 Å². The lowest BCUT2D eigenvalue weighted by Crippen LogP contribution is -2.42. The molecule has 6 nitrogen and oxygen atoms in total. The highest BCUT2D eigenvalue weighted by atomic mass is 16.2. The summed E-state index contributed by atoms with van der Waals surface area (Å²) in [6.45, 7) is 3.55. The van der Waals surface area contributed by atoms with Crippen molar-refractivity contribution in [1.29, 1.82) is 5.26 Å². The number of nitrogens with zero attached hydrogens (tertiary/aromatic N) is 4. The highest BCUT2D eigenvalue weighted by Gasteiger charge is 2.20. The molecule has 0 atom stereocenters. The molecule has 1 aromatic carbocycles. The summed E-state index contributed by atoms with van der Waals surface area (Å²) in [7, 11) is 0. The van der Waals surface area contributed by atoms with Gasteiger partial charge in [0.1, 0.15) is 6.07 Å². The van der Waals surface area contributed by atoms with Gasteiger partial charge in [0.25, 0.3) is 0 Å². The number of nitrogens with one attached hydrogen (secondary N) is 1. The molecule has 1 saturated heterocycles. The first kappa shape index (κ1) is 17.7. The van der Waals surface area contributed by atoms with Crippen molar-refractivity contribution < 1.29 is 4.79 Å². The van der Waals surface area contributed by atoms with Crippen LogP contribution in [0.5, 0.6) is 0 Å². The van der Waals surface area contributed by atoms with Crippen LogP contribution in [0, 0.1) is 11.3 Å². The second-order valence-corrected chi connectivity index (χ2v) is 6.30. The van der Waals surface area contributed by atoms with Gasteiger partial charge in [-0.15, -0.1) is 0 Å². The van der Waals surface area contributed by atoms with E-state index < -0.39 is 0 Å². The van der Waals surface area contributed by atoms with Gasteiger partial charge in [0, 0.05) is 45.1 Å². The molecule has 0 saturated carbocycles. The monoisotopic (exact) mass is 349 g/mol. The Morgan fingerprint density at radius 3 is 2.85 bits per heavy atom. The first-order valence-electron chi connectivity index (χ1n) is 8.93. The molecule has 2 aromatic rings. The minimum absolute atomic E-state index is 0.0238. The lowest BCUT2D eigenvalue weighted by molar-refractivity contribution is 0.201. The molecule has 1 aromatic heterocycles. The van der Waals surface area contributed by atoms with Crippen molar-refractivity contribution in [3.8, 4) is 6.07 Å². The van der Waals surface area contributed by atoms with Crippen LogP contribution in [0.1, 0.15) is 17.5 Å². The van der Waals surface area contributed by atoms with Crippen molar-refractivity contribution in [2.24, 2.45) is 0 Å². The number of aromatic nitrogens is 1. The normalized spacial score (nSPS) is 14.4. The van der Waals surface area contributed by atoms with Crippen molar-refractivity contribution in [1.82, 2.24) is 15.2 Å². The number of pyridine rings is 1. The molecule has 1 N–H and O–H groups in total. The zero-order chi connectivity index (χ0) is 18.2. The number of urea groups is 1. The van der Waals surface area contributed by atoms with E-state index in [0.717, 1.165) is 43.7 Å². The zero-order valence-corrected chi connectivity index (χ0v) is 14.8. The molecule has 2 amide bonds. The van der Waals surface area contributed by atoms with Crippen molar-refractivity contribution in [3.63, 3.8) is 0 Å². The molecule has 0 aliphatic carbocycles. The summed E-state index contributed by atoms with van der Waals surface area (Å²) < 4.78 is 0. The van der Waals surface area contributed by atoms with Crippen LogP contribution >= 0.6 is 0 Å². The summed E-state index contributed by atoms with van der Waals surface area (Å²) in [5.41, 5.74) is 2.75. The third kappa shape index (κ3) is 4.51. The fourth-order valence-electron chi connectivity index (χ4n) is 3.18. The standard InChI is InChI=1S/C20H23N5O/c21-15-18-6-1-2-7-19(18)24-11-4-12-25(14-13-24)20(26)23-10-8-17-5-3-9-22-16-17/h1-3,5-7,9,16H,4,8,10-14H2,(H,23,26). The Morgan fingerprint density at radius 1 is 1.15 bits per heavy atom. The molecule has 0 bridgehead atoms. The van der Waals surface area contributed by atoms with E-state index in [1.165, 1.54) is 0 Å². The SMILES string of the molecule is N#Cc1ccccc1N1CCCN(C(=O)NCCc2cccnc2)CC1. The summed E-state index contributed by atoms with van der Waals surface area (Å²) in [5.74, 6) is 0. The van der Waals surface area contributed by atoms with Crippen LogP contribution in [0.2, 0.25) is 0 Å². The number of para-hydroxylation sites is 1. The highest BCUT2D eigenvalue weighted by molar-refractivity contribution is 5.74. The van der Waals surface area contributed by atoms with E-state index in [4.69, 9.17) is 0 Å². The van der Waals surface area contributed by atoms with Gasteiger partial charge in [-0.2, -0.15) is 5.26 Å². The van der Waals surface area contributed by atoms with Crippen LogP contribution in [0.15, 0.2) is 48.8 Å². The molecule has 1 fully saturated rings. The summed E-state index contributed by atoms with van der Waals surface area (Å²) in [6.07, 6.45) is 5.23. The van der Waals surface area contributed by atoms with Crippen LogP contribution in [-0.2, 0) is 6.42 Å². The third-order valence-electron chi connectivity index (χ3n) is 4.56. The molecule has 1 aliphatic rings. The fraction of sp³-hybridized carbons (Fsp3) is 0.350. The molecule has 2 heterocycles. The van der Waals surface area contributed by atoms with Gasteiger partial charge in [-0.05, 0) is 36.6 Å². The van der Waals surface area contributed by atoms with Crippen LogP contribution in [0.3, 0.4) is 0 Å². The Bertz CT molecular complexity index is 771. The smallest absolute Gasteiger partial charge is 0.317 e. The maximum atomic E-state index is 12.4. The highest BCUT2D eigenvalue weighted by Crippen LogP contribution is 2.21. The van der Waals surface area contributed by atoms with Crippen LogP contribution in [0.25, 0.3) is 0 Å². The number of benzene rings is 1. The largest absolute Gasteiger partial charge is 0.369 e. The van der Waals surface area contributed by atoms with Gasteiger partial charge < -0.3 is 15.1 Å². The number of hydrogen-bond donors (Lipinski definition) is 1. The van der Waals surface area contributed by atoms with Crippen molar-refractivity contribution in [2.75, 3.05) is 37.6 Å². The maximum Gasteiger partial charge on any atom is 0.317 e. The molecule has 26 heavy (non-hydrogen) atoms. The second-order valence-electron chi connectivity index (χ2n) is 6.30. The average molecular weight is 349 g/mol. The number of rotatable bonds is 4. The van der Waals surface area contributed by atoms with E-state index in [1.807, 2.05) is 47.5 Å². The minimum Gasteiger partial charge on any atom is -0.369 e. The summed E-state index contributed by atoms with van der Waals surface area (Å²) in [5, 5.41) is 12.3. The minimum atomic E-state index is -0.0238. The van der Waals surface area contributed by atoms with Gasteiger partial charge in [-0.3, -0.25) is 4.98 Å². The number of nitriles is 1. The number of carbonyl (C=O) groups excluding carboxylic acids is 1. The lowest BCUT2D eigenvalue weighted by Gasteiger charge is -2.24. The van der Waals surface area contributed by atoms with E-state index in [0.29, 0.717) is 18.7 Å². The fourth-order valence-corrected chi connectivity index (χ4v) is 3.18. The molecule has 134 valence electrons. The maximum absolute atomic E-state index is 12.4.